The molecule has 0 radical (unpaired) electrons. The highest BCUT2D eigenvalue weighted by Crippen LogP contribution is 2.53. The number of hydrogen-bond acceptors (Lipinski definition) is 12. The lowest BCUT2D eigenvalue weighted by atomic mass is 9.88. The predicted octanol–water partition coefficient (Wildman–Crippen LogP) is -0.418. The second-order valence-corrected chi connectivity index (χ2v) is 11.4. The van der Waals surface area contributed by atoms with E-state index in [1.807, 2.05) is 6.92 Å². The minimum absolute atomic E-state index is 0.138. The van der Waals surface area contributed by atoms with Gasteiger partial charge in [-0.15, -0.1) is 0 Å². The Kier molecular flexibility index (Phi) is 8.48. The summed E-state index contributed by atoms with van der Waals surface area (Å²) in [7, 11) is -6.04. The summed E-state index contributed by atoms with van der Waals surface area (Å²) in [6.07, 6.45) is -2.44. The van der Waals surface area contributed by atoms with E-state index in [1.54, 1.807) is 6.92 Å². The van der Waals surface area contributed by atoms with E-state index in [9.17, 15) is 29.1 Å². The van der Waals surface area contributed by atoms with Crippen molar-refractivity contribution in [2.75, 3.05) is 47.3 Å². The molecule has 194 valence electrons. The molecule has 14 nitrogen and oxygen atoms in total. The minimum Gasteiger partial charge on any atom is -0.393 e. The van der Waals surface area contributed by atoms with Crippen LogP contribution in [0.4, 0.5) is 0 Å². The summed E-state index contributed by atoms with van der Waals surface area (Å²) < 4.78 is 63.5. The van der Waals surface area contributed by atoms with Crippen molar-refractivity contribution in [3.8, 4) is 0 Å². The molecule has 4 rings (SSSR count). The molecule has 0 saturated carbocycles. The molecule has 0 aromatic rings. The second kappa shape index (κ2) is 10.2. The van der Waals surface area contributed by atoms with E-state index in [1.165, 1.54) is 0 Å². The molecule has 4 bridgehead atoms. The van der Waals surface area contributed by atoms with E-state index in [2.05, 4.69) is 9.05 Å². The maximum Gasteiger partial charge on any atom is 0.472 e. The number of aliphatic hydroxyl groups excluding tert-OH is 2. The molecule has 16 heteroatoms. The maximum absolute atomic E-state index is 11.5. The van der Waals surface area contributed by atoms with E-state index in [0.29, 0.717) is 6.61 Å². The fourth-order valence-corrected chi connectivity index (χ4v) is 5.95. The Morgan fingerprint density at radius 1 is 0.879 bits per heavy atom. The number of fused-ring (bicyclic) bond motifs is 4. The van der Waals surface area contributed by atoms with E-state index >= 15 is 0 Å². The van der Waals surface area contributed by atoms with Gasteiger partial charge in [-0.25, -0.2) is 9.13 Å². The first-order valence-corrected chi connectivity index (χ1v) is 13.3. The number of phosphoric acid groups is 2. The monoisotopic (exact) mass is 522 g/mol. The first-order chi connectivity index (χ1) is 15.4. The van der Waals surface area contributed by atoms with Gasteiger partial charge in [-0.1, -0.05) is 0 Å². The fraction of sp³-hybridized carbons (Fsp3) is 1.00. The van der Waals surface area contributed by atoms with E-state index in [-0.39, 0.29) is 44.6 Å². The third-order valence-electron chi connectivity index (χ3n) is 6.30. The standard InChI is InChI=1S/C9H17O7P.C8H15O7P/c1-6-7-3-14-5-9(4-10,15-6)8(7)16-17(11,12)13-2;1-5-6-7(15-16(10,11)12-2)8(3-9,14-5)4-13-6/h6-8,10H,3-5H2,1-2H3,(H,11,12);5-7,9H,3-4H2,1-2H3,(H,10,11)/t6-,7+,8?,9-;5-,6+,7?,8-/m00/s1. The molecule has 4 saturated heterocycles. The Balaban J connectivity index is 0.000000186. The zero-order chi connectivity index (χ0) is 24.7. The summed E-state index contributed by atoms with van der Waals surface area (Å²) in [6.45, 7) is 3.57. The van der Waals surface area contributed by atoms with Crippen LogP contribution in [-0.2, 0) is 46.2 Å². The highest BCUT2D eigenvalue weighted by atomic mass is 31.2. The third-order valence-corrected chi connectivity index (χ3v) is 8.21. The molecule has 0 aromatic carbocycles. The molecule has 0 aromatic heterocycles. The van der Waals surface area contributed by atoms with Crippen LogP contribution in [0.1, 0.15) is 13.8 Å². The topological polar surface area (TPSA) is 189 Å². The highest BCUT2D eigenvalue weighted by Gasteiger charge is 2.62. The summed E-state index contributed by atoms with van der Waals surface area (Å²) >= 11 is 0. The predicted molar refractivity (Wildman–Crippen MR) is 108 cm³/mol. The Labute approximate surface area is 191 Å². The van der Waals surface area contributed by atoms with Crippen LogP contribution in [0.3, 0.4) is 0 Å². The SMILES string of the molecule is COP(=O)(O)OC1[C@@H]2COC[C@]1(CO)O[C@H]2C.COP(=O)(O)OC1[C@@H]2OC[C@]1(CO)O[C@H]2C. The van der Waals surface area contributed by atoms with E-state index < -0.39 is 45.2 Å². The van der Waals surface area contributed by atoms with Crippen molar-refractivity contribution in [3.05, 3.63) is 0 Å². The van der Waals surface area contributed by atoms with Crippen molar-refractivity contribution < 1.29 is 66.2 Å². The number of aliphatic hydroxyl groups is 2. The van der Waals surface area contributed by atoms with Crippen molar-refractivity contribution in [2.24, 2.45) is 5.92 Å². The van der Waals surface area contributed by atoms with E-state index in [4.69, 9.17) is 28.0 Å². The van der Waals surface area contributed by atoms with Gasteiger partial charge >= 0.3 is 15.6 Å². The molecule has 4 aliphatic heterocycles. The molecular formula is C17H32O14P2. The quantitative estimate of drug-likeness (QED) is 0.301. The zero-order valence-corrected chi connectivity index (χ0v) is 20.6. The van der Waals surface area contributed by atoms with Gasteiger partial charge < -0.3 is 38.9 Å². The van der Waals surface area contributed by atoms with Crippen LogP contribution >= 0.6 is 15.6 Å². The van der Waals surface area contributed by atoms with Crippen LogP contribution in [0.2, 0.25) is 0 Å². The number of rotatable bonds is 8. The normalized spacial score (nSPS) is 45.2. The molecule has 0 amide bonds. The molecule has 4 fully saturated rings. The Morgan fingerprint density at radius 2 is 1.39 bits per heavy atom. The lowest BCUT2D eigenvalue weighted by Crippen LogP contribution is -2.53. The van der Waals surface area contributed by atoms with Crippen molar-refractivity contribution in [1.29, 1.82) is 0 Å². The van der Waals surface area contributed by atoms with Gasteiger partial charge in [0.1, 0.15) is 29.5 Å². The zero-order valence-electron chi connectivity index (χ0n) is 18.8. The van der Waals surface area contributed by atoms with Gasteiger partial charge in [-0.05, 0) is 13.8 Å². The van der Waals surface area contributed by atoms with Gasteiger partial charge in [0.15, 0.2) is 0 Å². The minimum atomic E-state index is -4.11. The molecule has 4 heterocycles. The van der Waals surface area contributed by atoms with Crippen LogP contribution in [-0.4, -0.2) is 109 Å². The van der Waals surface area contributed by atoms with Gasteiger partial charge in [0.05, 0.1) is 45.2 Å². The number of ether oxygens (including phenoxy) is 4. The average Bonchev–Trinajstić information content (AvgIpc) is 3.28. The first kappa shape index (κ1) is 27.6. The summed E-state index contributed by atoms with van der Waals surface area (Å²) in [5, 5.41) is 18.7. The van der Waals surface area contributed by atoms with Crippen LogP contribution < -0.4 is 0 Å². The van der Waals surface area contributed by atoms with Crippen molar-refractivity contribution in [3.63, 3.8) is 0 Å². The van der Waals surface area contributed by atoms with Crippen LogP contribution in [0.5, 0.6) is 0 Å². The summed E-state index contributed by atoms with van der Waals surface area (Å²) in [5.74, 6) is -0.188. The van der Waals surface area contributed by atoms with Gasteiger partial charge in [0.25, 0.3) is 0 Å². The Morgan fingerprint density at radius 3 is 1.91 bits per heavy atom. The summed E-state index contributed by atoms with van der Waals surface area (Å²) in [4.78, 5) is 18.6. The van der Waals surface area contributed by atoms with Gasteiger partial charge in [0.2, 0.25) is 0 Å². The average molecular weight is 522 g/mol. The number of phosphoric ester groups is 2. The fourth-order valence-electron chi connectivity index (χ4n) is 4.54. The summed E-state index contributed by atoms with van der Waals surface area (Å²) in [6, 6.07) is 0. The van der Waals surface area contributed by atoms with Gasteiger partial charge in [-0.2, -0.15) is 0 Å². The molecule has 0 spiro atoms. The maximum atomic E-state index is 11.5. The lowest BCUT2D eigenvalue weighted by Gasteiger charge is -2.37. The van der Waals surface area contributed by atoms with Crippen LogP contribution in [0, 0.1) is 5.92 Å². The molecule has 4 unspecified atom stereocenters. The smallest absolute Gasteiger partial charge is 0.393 e. The van der Waals surface area contributed by atoms with Crippen molar-refractivity contribution in [1.82, 2.24) is 0 Å². The lowest BCUT2D eigenvalue weighted by molar-refractivity contribution is -0.154. The molecule has 4 N–H and O–H groups in total. The Bertz CT molecular complexity index is 783. The number of hydrogen-bond donors (Lipinski definition) is 4. The van der Waals surface area contributed by atoms with Crippen LogP contribution in [0.25, 0.3) is 0 Å². The molecular weight excluding hydrogens is 490 g/mol. The van der Waals surface area contributed by atoms with Crippen molar-refractivity contribution in [2.45, 2.75) is 55.6 Å². The van der Waals surface area contributed by atoms with Crippen molar-refractivity contribution >= 4 is 15.6 Å². The Hall–Kier alpha value is -0.0200. The second-order valence-electron chi connectivity index (χ2n) is 8.40. The third kappa shape index (κ3) is 5.40. The molecule has 33 heavy (non-hydrogen) atoms. The van der Waals surface area contributed by atoms with E-state index in [0.717, 1.165) is 14.2 Å². The molecule has 0 aliphatic carbocycles. The van der Waals surface area contributed by atoms with Gasteiger partial charge in [-0.3, -0.25) is 18.1 Å². The van der Waals surface area contributed by atoms with Crippen LogP contribution in [0.15, 0.2) is 0 Å². The largest absolute Gasteiger partial charge is 0.472 e. The molecule has 10 atom stereocenters. The molecule has 4 aliphatic rings. The highest BCUT2D eigenvalue weighted by molar-refractivity contribution is 7.47. The summed E-state index contributed by atoms with van der Waals surface area (Å²) in [5.41, 5.74) is -2.12. The van der Waals surface area contributed by atoms with Gasteiger partial charge in [0, 0.05) is 20.1 Å². The first-order valence-electron chi connectivity index (χ1n) is 10.3.